The number of nitro groups is 1. The van der Waals surface area contributed by atoms with Crippen molar-refractivity contribution >= 4 is 44.0 Å². The second-order valence-corrected chi connectivity index (χ2v) is 9.80. The zero-order valence-electron chi connectivity index (χ0n) is 18.0. The minimum atomic E-state index is -4.26. The monoisotopic (exact) mass is 487 g/mol. The second kappa shape index (κ2) is 8.33. The van der Waals surface area contributed by atoms with Gasteiger partial charge in [-0.2, -0.15) is 0 Å². The van der Waals surface area contributed by atoms with Crippen molar-refractivity contribution in [2.75, 3.05) is 0 Å². The topological polar surface area (TPSA) is 128 Å². The lowest BCUT2D eigenvalue weighted by Gasteiger charge is -2.08. The normalized spacial score (nSPS) is 13.7. The minimum Gasteiger partial charge on any atom is -0.289 e. The Labute approximate surface area is 199 Å². The van der Waals surface area contributed by atoms with E-state index in [1.54, 1.807) is 18.2 Å². The van der Waals surface area contributed by atoms with Crippen LogP contribution in [0.3, 0.4) is 0 Å². The van der Waals surface area contributed by atoms with Crippen LogP contribution in [0.1, 0.15) is 16.7 Å². The Morgan fingerprint density at radius 2 is 1.69 bits per heavy atom. The van der Waals surface area contributed by atoms with Crippen molar-refractivity contribution in [3.05, 3.63) is 112 Å². The molecule has 0 saturated carbocycles. The van der Waals surface area contributed by atoms with Crippen molar-refractivity contribution < 1.29 is 22.9 Å². The van der Waals surface area contributed by atoms with E-state index in [4.69, 9.17) is 0 Å². The first-order valence-electron chi connectivity index (χ1n) is 10.5. The molecule has 0 spiro atoms. The number of nitro benzene ring substituents is 1. The summed E-state index contributed by atoms with van der Waals surface area (Å²) in [6.45, 7) is 0. The second-order valence-electron chi connectivity index (χ2n) is 7.99. The zero-order valence-corrected chi connectivity index (χ0v) is 18.9. The number of carbonyl (C=O) groups is 2. The molecule has 10 heteroatoms. The molecule has 0 saturated heterocycles. The van der Waals surface area contributed by atoms with Gasteiger partial charge in [0.15, 0.2) is 0 Å². The molecule has 35 heavy (non-hydrogen) atoms. The Morgan fingerprint density at radius 1 is 0.914 bits per heavy atom. The third-order valence-corrected chi connectivity index (χ3v) is 7.39. The lowest BCUT2D eigenvalue weighted by molar-refractivity contribution is -0.385. The number of nitrogens with zero attached hydrogens (tertiary/aromatic N) is 2. The van der Waals surface area contributed by atoms with Crippen molar-refractivity contribution in [2.45, 2.75) is 11.3 Å². The van der Waals surface area contributed by atoms with Crippen molar-refractivity contribution in [1.82, 2.24) is 9.29 Å². The first-order chi connectivity index (χ1) is 16.7. The molecule has 0 unspecified atom stereocenters. The number of rotatable bonds is 6. The third-order valence-electron chi connectivity index (χ3n) is 5.72. The van der Waals surface area contributed by atoms with E-state index in [1.807, 2.05) is 30.3 Å². The maximum Gasteiger partial charge on any atom is 0.270 e. The Bertz CT molecular complexity index is 1670. The van der Waals surface area contributed by atoms with Crippen LogP contribution in [0.15, 0.2) is 90.0 Å². The summed E-state index contributed by atoms with van der Waals surface area (Å²) in [6, 6.07) is 19.6. The van der Waals surface area contributed by atoms with Gasteiger partial charge < -0.3 is 0 Å². The molecule has 1 aliphatic rings. The number of hydrogen-bond donors (Lipinski definition) is 1. The van der Waals surface area contributed by atoms with Gasteiger partial charge in [-0.3, -0.25) is 25.0 Å². The Hall–Kier alpha value is -4.57. The van der Waals surface area contributed by atoms with Gasteiger partial charge in [0, 0.05) is 35.4 Å². The van der Waals surface area contributed by atoms with E-state index >= 15 is 0 Å². The summed E-state index contributed by atoms with van der Waals surface area (Å²) in [4.78, 5) is 34.5. The van der Waals surface area contributed by atoms with E-state index < -0.39 is 26.8 Å². The summed E-state index contributed by atoms with van der Waals surface area (Å²) in [5.41, 5.74) is 2.15. The molecule has 3 aromatic carbocycles. The Balaban J connectivity index is 1.71. The number of imide groups is 1. The van der Waals surface area contributed by atoms with Crippen LogP contribution >= 0.6 is 0 Å². The predicted octanol–water partition coefficient (Wildman–Crippen LogP) is 3.42. The summed E-state index contributed by atoms with van der Waals surface area (Å²) in [5, 5.41) is 13.8. The molecule has 174 valence electrons. The van der Waals surface area contributed by atoms with Gasteiger partial charge in [-0.25, -0.2) is 12.4 Å². The van der Waals surface area contributed by atoms with Crippen LogP contribution in [-0.4, -0.2) is 29.1 Å². The highest BCUT2D eigenvalue weighted by molar-refractivity contribution is 7.90. The van der Waals surface area contributed by atoms with E-state index in [0.29, 0.717) is 11.8 Å². The largest absolute Gasteiger partial charge is 0.289 e. The molecule has 0 radical (unpaired) electrons. The molecule has 4 aromatic rings. The number of amides is 2. The predicted molar refractivity (Wildman–Crippen MR) is 128 cm³/mol. The lowest BCUT2D eigenvalue weighted by atomic mass is 10.00. The van der Waals surface area contributed by atoms with Crippen LogP contribution in [0.4, 0.5) is 5.69 Å². The van der Waals surface area contributed by atoms with Gasteiger partial charge in [-0.15, -0.1) is 0 Å². The molecular formula is C25H17N3O6S. The molecule has 0 aliphatic carbocycles. The number of benzene rings is 3. The van der Waals surface area contributed by atoms with E-state index in [-0.39, 0.29) is 27.2 Å². The average molecular weight is 487 g/mol. The molecule has 2 heterocycles. The quantitative estimate of drug-likeness (QED) is 0.252. The van der Waals surface area contributed by atoms with Crippen molar-refractivity contribution in [3.63, 3.8) is 0 Å². The minimum absolute atomic E-state index is 0.0462. The van der Waals surface area contributed by atoms with Crippen LogP contribution < -0.4 is 5.32 Å². The fraction of sp³-hybridized carbons (Fsp3) is 0.0400. The SMILES string of the molecule is O=C1C=C(c2cn(S(=O)(=O)c3cccc([N+](=O)[O-])c3)c3ccc(Cc4ccccc4)cc23)C(=O)N1. The van der Waals surface area contributed by atoms with Gasteiger partial charge >= 0.3 is 0 Å². The van der Waals surface area contributed by atoms with Crippen LogP contribution in [0.2, 0.25) is 0 Å². The standard InChI is InChI=1S/C25H17N3O6S/c29-24-14-21(25(30)26-24)22-15-27(35(33,34)19-8-4-7-18(13-19)28(31)32)23-10-9-17(12-20(22)23)11-16-5-2-1-3-6-16/h1-10,12-15H,11H2,(H,26,29,30). The highest BCUT2D eigenvalue weighted by Gasteiger charge is 2.29. The molecule has 0 atom stereocenters. The van der Waals surface area contributed by atoms with Gasteiger partial charge in [0.1, 0.15) is 0 Å². The summed E-state index contributed by atoms with van der Waals surface area (Å²) in [5.74, 6) is -1.22. The summed E-state index contributed by atoms with van der Waals surface area (Å²) in [6.07, 6.45) is 2.98. The van der Waals surface area contributed by atoms with Gasteiger partial charge in [-0.05, 0) is 35.7 Å². The molecule has 1 aliphatic heterocycles. The van der Waals surface area contributed by atoms with Crippen LogP contribution in [0, 0.1) is 10.1 Å². The van der Waals surface area contributed by atoms with E-state index in [9.17, 15) is 28.1 Å². The maximum atomic E-state index is 13.5. The summed E-state index contributed by atoms with van der Waals surface area (Å²) >= 11 is 0. The highest BCUT2D eigenvalue weighted by Crippen LogP contribution is 2.33. The van der Waals surface area contributed by atoms with E-state index in [2.05, 4.69) is 5.32 Å². The van der Waals surface area contributed by atoms with Crippen LogP contribution in [0.25, 0.3) is 16.5 Å². The van der Waals surface area contributed by atoms with E-state index in [0.717, 1.165) is 27.2 Å². The molecule has 9 nitrogen and oxygen atoms in total. The fourth-order valence-electron chi connectivity index (χ4n) is 4.09. The highest BCUT2D eigenvalue weighted by atomic mass is 32.2. The molecule has 2 amide bonds. The first-order valence-corrected chi connectivity index (χ1v) is 11.9. The third kappa shape index (κ3) is 4.00. The number of fused-ring (bicyclic) bond motifs is 1. The van der Waals surface area contributed by atoms with Crippen molar-refractivity contribution in [2.24, 2.45) is 0 Å². The Morgan fingerprint density at radius 3 is 2.37 bits per heavy atom. The van der Waals surface area contributed by atoms with E-state index in [1.165, 1.54) is 24.4 Å². The summed E-state index contributed by atoms with van der Waals surface area (Å²) in [7, 11) is -4.26. The smallest absolute Gasteiger partial charge is 0.270 e. The van der Waals surface area contributed by atoms with Gasteiger partial charge in [0.05, 0.1) is 20.9 Å². The Kier molecular flexibility index (Phi) is 5.29. The van der Waals surface area contributed by atoms with Crippen molar-refractivity contribution in [3.8, 4) is 0 Å². The molecule has 0 fully saturated rings. The number of hydrogen-bond acceptors (Lipinski definition) is 6. The van der Waals surface area contributed by atoms with Crippen LogP contribution in [-0.2, 0) is 26.0 Å². The van der Waals surface area contributed by atoms with Gasteiger partial charge in [0.25, 0.3) is 27.5 Å². The molecular weight excluding hydrogens is 470 g/mol. The number of non-ortho nitro benzene ring substituents is 1. The number of carbonyl (C=O) groups excluding carboxylic acids is 2. The van der Waals surface area contributed by atoms with Gasteiger partial charge in [0.2, 0.25) is 0 Å². The lowest BCUT2D eigenvalue weighted by Crippen LogP contribution is -2.21. The molecule has 1 aromatic heterocycles. The zero-order chi connectivity index (χ0) is 24.7. The first kappa shape index (κ1) is 22.2. The number of aromatic nitrogens is 1. The van der Waals surface area contributed by atoms with Crippen molar-refractivity contribution in [1.29, 1.82) is 0 Å². The number of nitrogens with one attached hydrogen (secondary N) is 1. The van der Waals surface area contributed by atoms with Gasteiger partial charge in [-0.1, -0.05) is 42.5 Å². The molecule has 1 N–H and O–H groups in total. The maximum absolute atomic E-state index is 13.5. The summed E-state index contributed by atoms with van der Waals surface area (Å²) < 4.78 is 28.0. The fourth-order valence-corrected chi connectivity index (χ4v) is 5.50. The molecule has 0 bridgehead atoms. The van der Waals surface area contributed by atoms with Crippen LogP contribution in [0.5, 0.6) is 0 Å². The molecule has 5 rings (SSSR count). The average Bonchev–Trinajstić information content (AvgIpc) is 3.38.